The Balaban J connectivity index is 1.78. The monoisotopic (exact) mass is 259 g/mol. The predicted octanol–water partition coefficient (Wildman–Crippen LogP) is 1.32. The summed E-state index contributed by atoms with van der Waals surface area (Å²) in [5.41, 5.74) is 1.90. The van der Waals surface area contributed by atoms with Gasteiger partial charge in [-0.25, -0.2) is 4.98 Å². The molecule has 0 bridgehead atoms. The van der Waals surface area contributed by atoms with E-state index < -0.39 is 0 Å². The number of benzene rings is 1. The van der Waals surface area contributed by atoms with Crippen LogP contribution < -0.4 is 10.1 Å². The van der Waals surface area contributed by atoms with E-state index in [1.807, 2.05) is 24.3 Å². The Morgan fingerprint density at radius 1 is 1.42 bits per heavy atom. The fourth-order valence-electron chi connectivity index (χ4n) is 1.86. The highest BCUT2D eigenvalue weighted by molar-refractivity contribution is 5.78. The summed E-state index contributed by atoms with van der Waals surface area (Å²) in [4.78, 5) is 18.4. The van der Waals surface area contributed by atoms with E-state index in [1.165, 1.54) is 0 Å². The second-order valence-corrected chi connectivity index (χ2v) is 4.17. The first-order valence-corrected chi connectivity index (χ1v) is 6.15. The van der Waals surface area contributed by atoms with Gasteiger partial charge in [-0.15, -0.1) is 0 Å². The van der Waals surface area contributed by atoms with Crippen LogP contribution in [0.25, 0.3) is 0 Å². The number of aromatic amines is 1. The van der Waals surface area contributed by atoms with E-state index in [0.717, 1.165) is 23.4 Å². The van der Waals surface area contributed by atoms with Crippen LogP contribution in [0.2, 0.25) is 0 Å². The van der Waals surface area contributed by atoms with E-state index in [4.69, 9.17) is 4.74 Å². The van der Waals surface area contributed by atoms with Crippen molar-refractivity contribution in [3.63, 3.8) is 0 Å². The number of imidazole rings is 1. The number of hydrogen-bond acceptors (Lipinski definition) is 3. The molecule has 0 saturated carbocycles. The van der Waals surface area contributed by atoms with Crippen molar-refractivity contribution in [3.8, 4) is 5.75 Å². The first-order valence-electron chi connectivity index (χ1n) is 6.15. The number of methoxy groups -OCH3 is 1. The zero-order valence-electron chi connectivity index (χ0n) is 10.8. The summed E-state index contributed by atoms with van der Waals surface area (Å²) in [7, 11) is 1.65. The maximum absolute atomic E-state index is 11.7. The Morgan fingerprint density at radius 3 is 3.00 bits per heavy atom. The van der Waals surface area contributed by atoms with Gasteiger partial charge >= 0.3 is 0 Å². The molecular weight excluding hydrogens is 242 g/mol. The average molecular weight is 259 g/mol. The second kappa shape index (κ2) is 6.58. The van der Waals surface area contributed by atoms with Crippen LogP contribution in [0.3, 0.4) is 0 Å². The molecule has 1 amide bonds. The fourth-order valence-corrected chi connectivity index (χ4v) is 1.86. The largest absolute Gasteiger partial charge is 0.496 e. The van der Waals surface area contributed by atoms with Gasteiger partial charge in [0.2, 0.25) is 5.91 Å². The molecule has 0 atom stereocenters. The molecule has 100 valence electrons. The van der Waals surface area contributed by atoms with Gasteiger partial charge in [-0.3, -0.25) is 4.79 Å². The molecule has 1 aromatic carbocycles. The summed E-state index contributed by atoms with van der Waals surface area (Å²) >= 11 is 0. The molecule has 0 aliphatic rings. The number of aromatic nitrogens is 2. The lowest BCUT2D eigenvalue weighted by Crippen LogP contribution is -2.27. The zero-order valence-corrected chi connectivity index (χ0v) is 10.8. The Kier molecular flexibility index (Phi) is 4.55. The van der Waals surface area contributed by atoms with Crippen LogP contribution in [0.1, 0.15) is 11.3 Å². The van der Waals surface area contributed by atoms with Crippen molar-refractivity contribution in [1.82, 2.24) is 15.3 Å². The third-order valence-corrected chi connectivity index (χ3v) is 2.81. The maximum atomic E-state index is 11.7. The van der Waals surface area contributed by atoms with Gasteiger partial charge in [0, 0.05) is 18.4 Å². The molecule has 0 aliphatic heterocycles. The number of hydrogen-bond donors (Lipinski definition) is 2. The number of nitrogens with one attached hydrogen (secondary N) is 2. The Morgan fingerprint density at radius 2 is 2.26 bits per heavy atom. The molecule has 0 unspecified atom stereocenters. The molecule has 19 heavy (non-hydrogen) atoms. The highest BCUT2D eigenvalue weighted by atomic mass is 16.5. The summed E-state index contributed by atoms with van der Waals surface area (Å²) in [6, 6.07) is 7.81. The van der Waals surface area contributed by atoms with Gasteiger partial charge < -0.3 is 15.0 Å². The van der Waals surface area contributed by atoms with E-state index in [0.29, 0.717) is 13.0 Å². The first-order chi connectivity index (χ1) is 9.29. The molecule has 0 saturated heterocycles. The molecule has 5 nitrogen and oxygen atoms in total. The molecule has 1 aromatic heterocycles. The van der Waals surface area contributed by atoms with Crippen molar-refractivity contribution in [2.24, 2.45) is 0 Å². The van der Waals surface area contributed by atoms with Crippen LogP contribution in [0.15, 0.2) is 36.8 Å². The SMILES string of the molecule is COc1ccccc1CCNC(=O)Cc1cnc[nH]1. The Hall–Kier alpha value is -2.30. The predicted molar refractivity (Wildman–Crippen MR) is 72.0 cm³/mol. The highest BCUT2D eigenvalue weighted by Crippen LogP contribution is 2.17. The summed E-state index contributed by atoms with van der Waals surface area (Å²) in [5, 5.41) is 2.88. The minimum atomic E-state index is -0.0147. The highest BCUT2D eigenvalue weighted by Gasteiger charge is 2.05. The van der Waals surface area contributed by atoms with Gasteiger partial charge in [-0.05, 0) is 18.1 Å². The number of ether oxygens (including phenoxy) is 1. The molecule has 2 aromatic rings. The van der Waals surface area contributed by atoms with E-state index in [-0.39, 0.29) is 5.91 Å². The van der Waals surface area contributed by atoms with Crippen molar-refractivity contribution in [3.05, 3.63) is 48.0 Å². The summed E-state index contributed by atoms with van der Waals surface area (Å²) in [5.74, 6) is 0.837. The number of carbonyl (C=O) groups excluding carboxylic acids is 1. The molecule has 2 N–H and O–H groups in total. The normalized spacial score (nSPS) is 10.2. The average Bonchev–Trinajstić information content (AvgIpc) is 2.92. The van der Waals surface area contributed by atoms with Gasteiger partial charge in [-0.1, -0.05) is 18.2 Å². The van der Waals surface area contributed by atoms with Gasteiger partial charge in [0.1, 0.15) is 5.75 Å². The number of rotatable bonds is 6. The van der Waals surface area contributed by atoms with E-state index in [9.17, 15) is 4.79 Å². The van der Waals surface area contributed by atoms with Crippen LogP contribution in [-0.2, 0) is 17.6 Å². The van der Waals surface area contributed by atoms with Crippen molar-refractivity contribution in [1.29, 1.82) is 0 Å². The van der Waals surface area contributed by atoms with Gasteiger partial charge in [0.05, 0.1) is 19.9 Å². The van der Waals surface area contributed by atoms with E-state index in [1.54, 1.807) is 19.6 Å². The smallest absolute Gasteiger partial charge is 0.226 e. The maximum Gasteiger partial charge on any atom is 0.226 e. The molecule has 0 fully saturated rings. The van der Waals surface area contributed by atoms with Crippen LogP contribution in [0.4, 0.5) is 0 Å². The molecule has 5 heteroatoms. The lowest BCUT2D eigenvalue weighted by atomic mass is 10.1. The van der Waals surface area contributed by atoms with Crippen LogP contribution in [-0.4, -0.2) is 29.5 Å². The Bertz CT molecular complexity index is 523. The van der Waals surface area contributed by atoms with Gasteiger partial charge in [0.15, 0.2) is 0 Å². The zero-order chi connectivity index (χ0) is 13.5. The van der Waals surface area contributed by atoms with Crippen molar-refractivity contribution >= 4 is 5.91 Å². The fraction of sp³-hybridized carbons (Fsp3) is 0.286. The van der Waals surface area contributed by atoms with Gasteiger partial charge in [0.25, 0.3) is 0 Å². The summed E-state index contributed by atoms with van der Waals surface area (Å²) in [6.45, 7) is 0.591. The lowest BCUT2D eigenvalue weighted by molar-refractivity contribution is -0.120. The topological polar surface area (TPSA) is 67.0 Å². The number of carbonyl (C=O) groups is 1. The standard InChI is InChI=1S/C14H17N3O2/c1-19-13-5-3-2-4-11(13)6-7-16-14(18)8-12-9-15-10-17-12/h2-5,9-10H,6-8H2,1H3,(H,15,17)(H,16,18). The number of para-hydroxylation sites is 1. The van der Waals surface area contributed by atoms with Crippen LogP contribution in [0.5, 0.6) is 5.75 Å². The molecule has 0 aliphatic carbocycles. The lowest BCUT2D eigenvalue weighted by Gasteiger charge is -2.08. The number of H-pyrrole nitrogens is 1. The van der Waals surface area contributed by atoms with Crippen molar-refractivity contribution in [2.45, 2.75) is 12.8 Å². The first kappa shape index (κ1) is 13.1. The quantitative estimate of drug-likeness (QED) is 0.822. The van der Waals surface area contributed by atoms with Crippen LogP contribution >= 0.6 is 0 Å². The molecule has 2 rings (SSSR count). The third-order valence-electron chi connectivity index (χ3n) is 2.81. The third kappa shape index (κ3) is 3.84. The van der Waals surface area contributed by atoms with Crippen molar-refractivity contribution in [2.75, 3.05) is 13.7 Å². The summed E-state index contributed by atoms with van der Waals surface area (Å²) < 4.78 is 5.26. The number of nitrogens with zero attached hydrogens (tertiary/aromatic N) is 1. The second-order valence-electron chi connectivity index (χ2n) is 4.17. The molecule has 0 radical (unpaired) electrons. The molecule has 1 heterocycles. The minimum Gasteiger partial charge on any atom is -0.496 e. The number of amides is 1. The van der Waals surface area contributed by atoms with Gasteiger partial charge in [-0.2, -0.15) is 0 Å². The Labute approximate surface area is 112 Å². The van der Waals surface area contributed by atoms with Crippen molar-refractivity contribution < 1.29 is 9.53 Å². The minimum absolute atomic E-state index is 0.0147. The van der Waals surface area contributed by atoms with E-state index >= 15 is 0 Å². The molecular formula is C14H17N3O2. The van der Waals surface area contributed by atoms with E-state index in [2.05, 4.69) is 15.3 Å². The summed E-state index contributed by atoms with van der Waals surface area (Å²) in [6.07, 6.45) is 4.29. The van der Waals surface area contributed by atoms with Crippen LogP contribution in [0, 0.1) is 0 Å². The molecule has 0 spiro atoms.